The van der Waals surface area contributed by atoms with Gasteiger partial charge in [0.1, 0.15) is 18.4 Å². The van der Waals surface area contributed by atoms with Crippen LogP contribution in [0.1, 0.15) is 26.3 Å². The fourth-order valence-electron chi connectivity index (χ4n) is 3.75. The molecule has 0 saturated carbocycles. The highest BCUT2D eigenvalue weighted by molar-refractivity contribution is 7.92. The van der Waals surface area contributed by atoms with E-state index in [-0.39, 0.29) is 23.0 Å². The Labute approximate surface area is 228 Å². The number of nitrogens with one attached hydrogen (secondary N) is 1. The third-order valence-corrected chi connectivity index (χ3v) is 7.83. The first kappa shape index (κ1) is 29.1. The highest BCUT2D eigenvalue weighted by Crippen LogP contribution is 2.27. The Morgan fingerprint density at radius 3 is 2.24 bits per heavy atom. The minimum absolute atomic E-state index is 0.00778. The maximum Gasteiger partial charge on any atom is 0.264 e. The van der Waals surface area contributed by atoms with E-state index in [2.05, 4.69) is 5.32 Å². The van der Waals surface area contributed by atoms with Crippen LogP contribution >= 0.6 is 11.6 Å². The summed E-state index contributed by atoms with van der Waals surface area (Å²) in [6.07, 6.45) is 0. The standard InChI is InChI=1S/C28H31ClFN3O4S/c1-20(2)17-31-28(35)21(3)32(18-22-10-9-11-23(29)16-22)27(34)19-33(26-15-8-7-14-25(26)30)38(36,37)24-12-5-4-6-13-24/h4-16,20-21H,17-19H2,1-3H3,(H,31,35)/t21-/m1/s1. The van der Waals surface area contributed by atoms with Gasteiger partial charge in [0.2, 0.25) is 11.8 Å². The molecule has 202 valence electrons. The zero-order valence-electron chi connectivity index (χ0n) is 21.5. The number of amides is 2. The zero-order chi connectivity index (χ0) is 27.9. The van der Waals surface area contributed by atoms with E-state index < -0.39 is 40.2 Å². The summed E-state index contributed by atoms with van der Waals surface area (Å²) < 4.78 is 42.9. The van der Waals surface area contributed by atoms with E-state index in [4.69, 9.17) is 11.6 Å². The second-order valence-electron chi connectivity index (χ2n) is 9.24. The van der Waals surface area contributed by atoms with E-state index >= 15 is 0 Å². The molecule has 0 unspecified atom stereocenters. The SMILES string of the molecule is CC(C)CNC(=O)[C@@H](C)N(Cc1cccc(Cl)c1)C(=O)CN(c1ccccc1F)S(=O)(=O)c1ccccc1. The molecule has 0 heterocycles. The Morgan fingerprint density at radius 2 is 1.61 bits per heavy atom. The van der Waals surface area contributed by atoms with Gasteiger partial charge in [0.25, 0.3) is 10.0 Å². The molecule has 0 aromatic heterocycles. The average molecular weight is 560 g/mol. The van der Waals surface area contributed by atoms with E-state index in [1.807, 2.05) is 13.8 Å². The van der Waals surface area contributed by atoms with Gasteiger partial charge in [0, 0.05) is 18.1 Å². The first-order valence-corrected chi connectivity index (χ1v) is 14.0. The van der Waals surface area contributed by atoms with Crippen molar-refractivity contribution in [3.63, 3.8) is 0 Å². The average Bonchev–Trinajstić information content (AvgIpc) is 2.89. The number of sulfonamides is 1. The van der Waals surface area contributed by atoms with Crippen molar-refractivity contribution in [1.82, 2.24) is 10.2 Å². The molecular formula is C28H31ClFN3O4S. The van der Waals surface area contributed by atoms with E-state index in [1.165, 1.54) is 35.2 Å². The van der Waals surface area contributed by atoms with Crippen LogP contribution in [0.5, 0.6) is 0 Å². The van der Waals surface area contributed by atoms with Crippen molar-refractivity contribution >= 4 is 39.1 Å². The second kappa shape index (κ2) is 12.9. The smallest absolute Gasteiger partial charge is 0.264 e. The molecule has 0 fully saturated rings. The minimum atomic E-state index is -4.33. The molecule has 0 radical (unpaired) electrons. The van der Waals surface area contributed by atoms with Gasteiger partial charge in [0.15, 0.2) is 0 Å². The third kappa shape index (κ3) is 7.33. The van der Waals surface area contributed by atoms with Crippen molar-refractivity contribution < 1.29 is 22.4 Å². The molecule has 3 aromatic rings. The van der Waals surface area contributed by atoms with Crippen molar-refractivity contribution in [2.24, 2.45) is 5.92 Å². The maximum atomic E-state index is 14.9. The number of benzene rings is 3. The first-order chi connectivity index (χ1) is 18.0. The van der Waals surface area contributed by atoms with Crippen LogP contribution < -0.4 is 9.62 Å². The third-order valence-electron chi connectivity index (χ3n) is 5.83. The van der Waals surface area contributed by atoms with Crippen LogP contribution in [-0.2, 0) is 26.2 Å². The number of hydrogen-bond acceptors (Lipinski definition) is 4. The first-order valence-electron chi connectivity index (χ1n) is 12.1. The summed E-state index contributed by atoms with van der Waals surface area (Å²) in [6.45, 7) is 5.14. The topological polar surface area (TPSA) is 86.8 Å². The van der Waals surface area contributed by atoms with Gasteiger partial charge in [-0.1, -0.05) is 67.9 Å². The molecule has 0 aliphatic carbocycles. The van der Waals surface area contributed by atoms with Gasteiger partial charge in [-0.25, -0.2) is 12.8 Å². The Hall–Kier alpha value is -3.43. The molecule has 3 aromatic carbocycles. The van der Waals surface area contributed by atoms with Crippen LogP contribution in [0.15, 0.2) is 83.8 Å². The van der Waals surface area contributed by atoms with Crippen LogP contribution in [-0.4, -0.2) is 44.3 Å². The lowest BCUT2D eigenvalue weighted by Gasteiger charge is -2.32. The van der Waals surface area contributed by atoms with Crippen molar-refractivity contribution in [2.75, 3.05) is 17.4 Å². The highest BCUT2D eigenvalue weighted by atomic mass is 35.5. The predicted octanol–water partition coefficient (Wildman–Crippen LogP) is 4.86. The van der Waals surface area contributed by atoms with Gasteiger partial charge in [-0.05, 0) is 54.8 Å². The van der Waals surface area contributed by atoms with Gasteiger partial charge >= 0.3 is 0 Å². The summed E-state index contributed by atoms with van der Waals surface area (Å²) >= 11 is 6.13. The molecule has 1 N–H and O–H groups in total. The number of carbonyl (C=O) groups excluding carboxylic acids is 2. The number of rotatable bonds is 11. The normalized spacial score (nSPS) is 12.2. The van der Waals surface area contributed by atoms with E-state index in [0.29, 0.717) is 17.1 Å². The van der Waals surface area contributed by atoms with Crippen molar-refractivity contribution in [3.05, 3.63) is 95.3 Å². The summed E-state index contributed by atoms with van der Waals surface area (Å²) in [6, 6.07) is 18.7. The molecule has 10 heteroatoms. The van der Waals surface area contributed by atoms with E-state index in [0.717, 1.165) is 10.4 Å². The van der Waals surface area contributed by atoms with Gasteiger partial charge < -0.3 is 10.2 Å². The highest BCUT2D eigenvalue weighted by Gasteiger charge is 2.33. The molecule has 2 amide bonds. The molecule has 1 atom stereocenters. The van der Waals surface area contributed by atoms with Gasteiger partial charge in [0.05, 0.1) is 10.6 Å². The zero-order valence-corrected chi connectivity index (χ0v) is 23.0. The second-order valence-corrected chi connectivity index (χ2v) is 11.5. The molecule has 0 saturated heterocycles. The molecule has 3 rings (SSSR count). The number of nitrogens with zero attached hydrogens (tertiary/aromatic N) is 2. The molecule has 38 heavy (non-hydrogen) atoms. The van der Waals surface area contributed by atoms with Gasteiger partial charge in [-0.2, -0.15) is 0 Å². The lowest BCUT2D eigenvalue weighted by atomic mass is 10.1. The monoisotopic (exact) mass is 559 g/mol. The fraction of sp³-hybridized carbons (Fsp3) is 0.286. The number of halogens is 2. The summed E-state index contributed by atoms with van der Waals surface area (Å²) in [5.74, 6) is -1.68. The summed E-state index contributed by atoms with van der Waals surface area (Å²) in [5, 5.41) is 3.26. The largest absolute Gasteiger partial charge is 0.354 e. The molecule has 0 aliphatic heterocycles. The fourth-order valence-corrected chi connectivity index (χ4v) is 5.41. The Kier molecular flexibility index (Phi) is 9.88. The summed E-state index contributed by atoms with van der Waals surface area (Å²) in [5.41, 5.74) is 0.377. The Bertz CT molecular complexity index is 1370. The van der Waals surface area contributed by atoms with Crippen molar-refractivity contribution in [1.29, 1.82) is 0 Å². The lowest BCUT2D eigenvalue weighted by Crippen LogP contribution is -2.51. The van der Waals surface area contributed by atoms with Crippen LogP contribution in [0, 0.1) is 11.7 Å². The molecule has 0 bridgehead atoms. The van der Waals surface area contributed by atoms with E-state index in [1.54, 1.807) is 49.4 Å². The minimum Gasteiger partial charge on any atom is -0.354 e. The van der Waals surface area contributed by atoms with Crippen molar-refractivity contribution in [2.45, 2.75) is 38.3 Å². The summed E-state index contributed by atoms with van der Waals surface area (Å²) in [7, 11) is -4.33. The maximum absolute atomic E-state index is 14.9. The quantitative estimate of drug-likeness (QED) is 0.363. The molecule has 0 aliphatic rings. The molecule has 0 spiro atoms. The number of carbonyl (C=O) groups is 2. The van der Waals surface area contributed by atoms with Crippen molar-refractivity contribution in [3.8, 4) is 0 Å². The summed E-state index contributed by atoms with van der Waals surface area (Å²) in [4.78, 5) is 27.9. The predicted molar refractivity (Wildman–Crippen MR) is 147 cm³/mol. The van der Waals surface area contributed by atoms with Crippen LogP contribution in [0.4, 0.5) is 10.1 Å². The van der Waals surface area contributed by atoms with Crippen LogP contribution in [0.3, 0.4) is 0 Å². The lowest BCUT2D eigenvalue weighted by molar-refractivity contribution is -0.139. The number of anilines is 1. The number of para-hydroxylation sites is 1. The van der Waals surface area contributed by atoms with Crippen LogP contribution in [0.2, 0.25) is 5.02 Å². The Balaban J connectivity index is 2.01. The molecular weight excluding hydrogens is 529 g/mol. The Morgan fingerprint density at radius 1 is 0.947 bits per heavy atom. The van der Waals surface area contributed by atoms with Gasteiger partial charge in [-0.3, -0.25) is 13.9 Å². The number of hydrogen-bond donors (Lipinski definition) is 1. The molecule has 7 nitrogen and oxygen atoms in total. The van der Waals surface area contributed by atoms with Crippen LogP contribution in [0.25, 0.3) is 0 Å². The van der Waals surface area contributed by atoms with E-state index in [9.17, 15) is 22.4 Å². The van der Waals surface area contributed by atoms with Gasteiger partial charge in [-0.15, -0.1) is 0 Å².